The Kier molecular flexibility index (Phi) is 8.80. The average Bonchev–Trinajstić information content (AvgIpc) is 2.74. The van der Waals surface area contributed by atoms with E-state index < -0.39 is 9.85 Å². The van der Waals surface area contributed by atoms with E-state index in [4.69, 9.17) is 0 Å². The zero-order valence-corrected chi connectivity index (χ0v) is 17.4. The molecule has 0 fully saturated rings. The van der Waals surface area contributed by atoms with Crippen LogP contribution in [0.15, 0.2) is 54.4 Å². The molecule has 8 heteroatoms. The molecule has 2 N–H and O–H groups in total. The molecular formula is C22H28N4O4. The van der Waals surface area contributed by atoms with Crippen LogP contribution in [-0.4, -0.2) is 22.9 Å². The Bertz CT molecular complexity index is 806. The molecule has 0 aliphatic carbocycles. The van der Waals surface area contributed by atoms with Gasteiger partial charge in [-0.2, -0.15) is 0 Å². The van der Waals surface area contributed by atoms with Crippen LogP contribution in [0, 0.1) is 20.2 Å². The van der Waals surface area contributed by atoms with Crippen LogP contribution >= 0.6 is 0 Å². The van der Waals surface area contributed by atoms with E-state index in [1.54, 1.807) is 24.3 Å². The molecule has 160 valence electrons. The molecule has 0 heterocycles. The minimum absolute atomic E-state index is 0.0150. The van der Waals surface area contributed by atoms with E-state index in [0.717, 1.165) is 61.3 Å². The molecule has 0 aliphatic rings. The molecule has 2 aromatic carbocycles. The average molecular weight is 412 g/mol. The molecular weight excluding hydrogens is 384 g/mol. The minimum atomic E-state index is -0.432. The first-order valence-corrected chi connectivity index (χ1v) is 10.2. The molecule has 0 amide bonds. The smallest absolute Gasteiger partial charge is 0.269 e. The Balaban J connectivity index is 2.55. The van der Waals surface area contributed by atoms with Gasteiger partial charge in [-0.3, -0.25) is 20.2 Å². The lowest BCUT2D eigenvalue weighted by molar-refractivity contribution is -0.385. The Hall–Kier alpha value is -3.42. The fourth-order valence-corrected chi connectivity index (χ4v) is 2.97. The van der Waals surface area contributed by atoms with Gasteiger partial charge in [0.2, 0.25) is 0 Å². The number of nitro groups is 2. The number of hydrogen-bond donors (Lipinski definition) is 2. The second kappa shape index (κ2) is 11.5. The molecule has 0 aromatic heterocycles. The molecule has 0 aliphatic heterocycles. The van der Waals surface area contributed by atoms with Gasteiger partial charge in [0, 0.05) is 42.9 Å². The number of nitrogens with zero attached hydrogens (tertiary/aromatic N) is 2. The van der Waals surface area contributed by atoms with Crippen molar-refractivity contribution in [3.8, 4) is 0 Å². The summed E-state index contributed by atoms with van der Waals surface area (Å²) in [5.74, 6) is 0.819. The van der Waals surface area contributed by atoms with Crippen molar-refractivity contribution in [1.29, 1.82) is 0 Å². The van der Waals surface area contributed by atoms with Crippen molar-refractivity contribution in [2.45, 2.75) is 39.5 Å². The van der Waals surface area contributed by atoms with E-state index in [2.05, 4.69) is 24.5 Å². The summed E-state index contributed by atoms with van der Waals surface area (Å²) in [6, 6.07) is 12.7. The molecule has 0 saturated carbocycles. The van der Waals surface area contributed by atoms with Gasteiger partial charge in [0.1, 0.15) is 5.82 Å². The topological polar surface area (TPSA) is 110 Å². The first kappa shape index (κ1) is 22.9. The van der Waals surface area contributed by atoms with E-state index in [9.17, 15) is 20.2 Å². The summed E-state index contributed by atoms with van der Waals surface area (Å²) in [6.07, 6.45) is 4.07. The zero-order valence-electron chi connectivity index (χ0n) is 17.4. The molecule has 0 spiro atoms. The van der Waals surface area contributed by atoms with Crippen LogP contribution in [0.5, 0.6) is 0 Å². The Morgan fingerprint density at radius 3 is 1.40 bits per heavy atom. The number of rotatable bonds is 12. The van der Waals surface area contributed by atoms with Crippen molar-refractivity contribution >= 4 is 16.9 Å². The van der Waals surface area contributed by atoms with Gasteiger partial charge in [0.15, 0.2) is 0 Å². The number of benzene rings is 2. The molecule has 2 aromatic rings. The highest BCUT2D eigenvalue weighted by molar-refractivity contribution is 5.82. The molecule has 2 rings (SSSR count). The molecule has 0 bridgehead atoms. The van der Waals surface area contributed by atoms with Gasteiger partial charge in [-0.15, -0.1) is 0 Å². The lowest BCUT2D eigenvalue weighted by Crippen LogP contribution is -2.29. The highest BCUT2D eigenvalue weighted by Crippen LogP contribution is 2.28. The van der Waals surface area contributed by atoms with Crippen LogP contribution < -0.4 is 10.6 Å². The van der Waals surface area contributed by atoms with Crippen LogP contribution in [0.1, 0.15) is 50.7 Å². The van der Waals surface area contributed by atoms with Gasteiger partial charge < -0.3 is 10.6 Å². The Labute approximate surface area is 176 Å². The van der Waals surface area contributed by atoms with Crippen LogP contribution in [0.25, 0.3) is 5.57 Å². The molecule has 8 nitrogen and oxygen atoms in total. The van der Waals surface area contributed by atoms with Crippen LogP contribution in [0.4, 0.5) is 11.4 Å². The van der Waals surface area contributed by atoms with Crippen molar-refractivity contribution in [2.75, 3.05) is 13.1 Å². The Morgan fingerprint density at radius 2 is 1.10 bits per heavy atom. The standard InChI is InChI=1S/C22H28N4O4/c1-3-5-15-23-22(24-16-6-4-2)21(17-7-11-19(12-8-17)25(27)28)18-9-13-20(14-10-18)26(29)30/h7-14,23-24H,3-6,15-16H2,1-2H3. The second-order valence-corrected chi connectivity index (χ2v) is 6.92. The molecule has 0 saturated heterocycles. The molecule has 0 unspecified atom stereocenters. The van der Waals surface area contributed by atoms with Crippen molar-refractivity contribution in [3.05, 3.63) is 85.7 Å². The van der Waals surface area contributed by atoms with Crippen molar-refractivity contribution in [1.82, 2.24) is 10.6 Å². The normalized spacial score (nSPS) is 10.3. The molecule has 0 radical (unpaired) electrons. The first-order valence-electron chi connectivity index (χ1n) is 10.2. The van der Waals surface area contributed by atoms with Crippen molar-refractivity contribution in [2.24, 2.45) is 0 Å². The van der Waals surface area contributed by atoms with Crippen LogP contribution in [0.2, 0.25) is 0 Å². The third-order valence-corrected chi connectivity index (χ3v) is 4.65. The summed E-state index contributed by atoms with van der Waals surface area (Å²) in [4.78, 5) is 21.2. The minimum Gasteiger partial charge on any atom is -0.371 e. The zero-order chi connectivity index (χ0) is 21.9. The summed E-state index contributed by atoms with van der Waals surface area (Å²) in [6.45, 7) is 5.77. The maximum atomic E-state index is 11.0. The number of non-ortho nitro benzene ring substituents is 2. The van der Waals surface area contributed by atoms with Gasteiger partial charge in [-0.1, -0.05) is 26.7 Å². The van der Waals surface area contributed by atoms with Crippen LogP contribution in [-0.2, 0) is 0 Å². The van der Waals surface area contributed by atoms with E-state index in [1.807, 2.05) is 0 Å². The monoisotopic (exact) mass is 412 g/mol. The van der Waals surface area contributed by atoms with E-state index in [-0.39, 0.29) is 11.4 Å². The number of nitrogens with one attached hydrogen (secondary N) is 2. The third kappa shape index (κ3) is 6.30. The summed E-state index contributed by atoms with van der Waals surface area (Å²) < 4.78 is 0. The predicted octanol–water partition coefficient (Wildman–Crippen LogP) is 5.00. The lowest BCUT2D eigenvalue weighted by Gasteiger charge is -2.20. The first-order chi connectivity index (χ1) is 14.5. The summed E-state index contributed by atoms with van der Waals surface area (Å²) in [7, 11) is 0. The second-order valence-electron chi connectivity index (χ2n) is 6.92. The number of hydrogen-bond acceptors (Lipinski definition) is 6. The van der Waals surface area contributed by atoms with E-state index in [0.29, 0.717) is 0 Å². The van der Waals surface area contributed by atoms with Gasteiger partial charge in [-0.25, -0.2) is 0 Å². The summed E-state index contributed by atoms with van der Waals surface area (Å²) in [5.41, 5.74) is 2.43. The highest BCUT2D eigenvalue weighted by atomic mass is 16.6. The summed E-state index contributed by atoms with van der Waals surface area (Å²) in [5, 5.41) is 29.0. The number of nitro benzene ring substituents is 2. The van der Waals surface area contributed by atoms with Crippen molar-refractivity contribution in [3.63, 3.8) is 0 Å². The SMILES string of the molecule is CCCCNC(NCCCC)=C(c1ccc([N+](=O)[O-])cc1)c1ccc([N+](=O)[O-])cc1. The van der Waals surface area contributed by atoms with Gasteiger partial charge in [0.05, 0.1) is 9.85 Å². The maximum Gasteiger partial charge on any atom is 0.269 e. The quantitative estimate of drug-likeness (QED) is 0.288. The van der Waals surface area contributed by atoms with Crippen molar-refractivity contribution < 1.29 is 9.85 Å². The van der Waals surface area contributed by atoms with Gasteiger partial charge in [0.25, 0.3) is 11.4 Å². The Morgan fingerprint density at radius 1 is 0.733 bits per heavy atom. The maximum absolute atomic E-state index is 11.0. The fraction of sp³-hybridized carbons (Fsp3) is 0.364. The van der Waals surface area contributed by atoms with Gasteiger partial charge in [-0.05, 0) is 48.2 Å². The van der Waals surface area contributed by atoms with E-state index in [1.165, 1.54) is 24.3 Å². The van der Waals surface area contributed by atoms with E-state index >= 15 is 0 Å². The molecule has 0 atom stereocenters. The fourth-order valence-electron chi connectivity index (χ4n) is 2.97. The third-order valence-electron chi connectivity index (χ3n) is 4.65. The number of unbranched alkanes of at least 4 members (excludes halogenated alkanes) is 2. The predicted molar refractivity (Wildman–Crippen MR) is 118 cm³/mol. The summed E-state index contributed by atoms with van der Waals surface area (Å²) >= 11 is 0. The van der Waals surface area contributed by atoms with Gasteiger partial charge >= 0.3 is 0 Å². The lowest BCUT2D eigenvalue weighted by atomic mass is 9.97. The van der Waals surface area contributed by atoms with Crippen LogP contribution in [0.3, 0.4) is 0 Å². The largest absolute Gasteiger partial charge is 0.371 e. The molecule has 30 heavy (non-hydrogen) atoms. The highest BCUT2D eigenvalue weighted by Gasteiger charge is 2.15.